The Labute approximate surface area is 98.8 Å². The second kappa shape index (κ2) is 5.61. The van der Waals surface area contributed by atoms with E-state index in [9.17, 15) is 13.6 Å². The van der Waals surface area contributed by atoms with Gasteiger partial charge in [0.1, 0.15) is 11.0 Å². The predicted octanol–water partition coefficient (Wildman–Crippen LogP) is 1.32. The van der Waals surface area contributed by atoms with Crippen LogP contribution < -0.4 is 10.9 Å². The van der Waals surface area contributed by atoms with Crippen molar-refractivity contribution >= 4 is 21.6 Å². The van der Waals surface area contributed by atoms with Gasteiger partial charge in [-0.25, -0.2) is 13.5 Å². The summed E-state index contributed by atoms with van der Waals surface area (Å²) >= 11 is 3.00. The molecule has 0 aliphatic rings. The Bertz CT molecular complexity index is 467. The number of hydrogen-bond acceptors (Lipinski definition) is 3. The summed E-state index contributed by atoms with van der Waals surface area (Å²) in [5.41, 5.74) is -0.240. The highest BCUT2D eigenvalue weighted by Crippen LogP contribution is 2.16. The standard InChI is InChI=1S/C9H8BrF2N3O/c1-2-3-15-9(16)8(10)6(4-14-15)13-5-7(11)12/h1,4,7,13H,3,5H2. The van der Waals surface area contributed by atoms with E-state index in [0.717, 1.165) is 4.68 Å². The molecular weight excluding hydrogens is 284 g/mol. The molecule has 86 valence electrons. The second-order valence-electron chi connectivity index (χ2n) is 2.81. The maximum absolute atomic E-state index is 11.9. The fourth-order valence-electron chi connectivity index (χ4n) is 0.974. The highest BCUT2D eigenvalue weighted by molar-refractivity contribution is 9.10. The van der Waals surface area contributed by atoms with Crippen LogP contribution in [-0.2, 0) is 6.54 Å². The van der Waals surface area contributed by atoms with Gasteiger partial charge in [-0.3, -0.25) is 4.79 Å². The molecule has 0 saturated heterocycles. The Kier molecular flexibility index (Phi) is 4.43. The predicted molar refractivity (Wildman–Crippen MR) is 59.5 cm³/mol. The minimum absolute atomic E-state index is 0.0343. The lowest BCUT2D eigenvalue weighted by molar-refractivity contribution is 0.163. The van der Waals surface area contributed by atoms with Crippen molar-refractivity contribution in [2.45, 2.75) is 13.0 Å². The lowest BCUT2D eigenvalue weighted by Crippen LogP contribution is -2.24. The van der Waals surface area contributed by atoms with Gasteiger partial charge in [0.05, 0.1) is 18.4 Å². The van der Waals surface area contributed by atoms with Crippen LogP contribution in [0.2, 0.25) is 0 Å². The Morgan fingerprint density at radius 2 is 2.38 bits per heavy atom. The molecule has 1 N–H and O–H groups in total. The van der Waals surface area contributed by atoms with Crippen molar-refractivity contribution in [1.82, 2.24) is 9.78 Å². The number of aromatic nitrogens is 2. The number of nitrogens with one attached hydrogen (secondary N) is 1. The maximum atomic E-state index is 11.9. The van der Waals surface area contributed by atoms with Gasteiger partial charge in [-0.2, -0.15) is 5.10 Å². The van der Waals surface area contributed by atoms with Gasteiger partial charge in [-0.05, 0) is 15.9 Å². The summed E-state index contributed by atoms with van der Waals surface area (Å²) in [5, 5.41) is 6.13. The number of nitrogens with zero attached hydrogens (tertiary/aromatic N) is 2. The van der Waals surface area contributed by atoms with Crippen LogP contribution in [0.4, 0.5) is 14.5 Å². The molecule has 0 aromatic carbocycles. The molecule has 0 bridgehead atoms. The third-order valence-corrected chi connectivity index (χ3v) is 2.44. The Morgan fingerprint density at radius 3 is 2.94 bits per heavy atom. The average molecular weight is 292 g/mol. The van der Waals surface area contributed by atoms with Crippen LogP contribution in [0.3, 0.4) is 0 Å². The maximum Gasteiger partial charge on any atom is 0.284 e. The lowest BCUT2D eigenvalue weighted by atomic mass is 10.4. The Hall–Kier alpha value is -1.42. The van der Waals surface area contributed by atoms with Gasteiger partial charge in [0.2, 0.25) is 0 Å². The minimum Gasteiger partial charge on any atom is -0.377 e. The molecule has 16 heavy (non-hydrogen) atoms. The van der Waals surface area contributed by atoms with Crippen LogP contribution in [0.25, 0.3) is 0 Å². The van der Waals surface area contributed by atoms with E-state index in [1.807, 2.05) is 0 Å². The van der Waals surface area contributed by atoms with Crippen molar-refractivity contribution in [1.29, 1.82) is 0 Å². The summed E-state index contributed by atoms with van der Waals surface area (Å²) in [6.45, 7) is -0.508. The first-order chi connectivity index (χ1) is 7.56. The molecule has 0 aliphatic carbocycles. The summed E-state index contributed by atoms with van der Waals surface area (Å²) in [4.78, 5) is 11.6. The van der Waals surface area contributed by atoms with E-state index in [0.29, 0.717) is 0 Å². The van der Waals surface area contributed by atoms with Crippen molar-refractivity contribution in [3.63, 3.8) is 0 Å². The first-order valence-corrected chi connectivity index (χ1v) is 5.06. The van der Waals surface area contributed by atoms with Crippen LogP contribution >= 0.6 is 15.9 Å². The zero-order chi connectivity index (χ0) is 12.1. The monoisotopic (exact) mass is 291 g/mol. The molecule has 0 atom stereocenters. The molecule has 1 rings (SSSR count). The van der Waals surface area contributed by atoms with Gasteiger partial charge in [0, 0.05) is 0 Å². The van der Waals surface area contributed by atoms with E-state index >= 15 is 0 Å². The molecule has 1 aromatic heterocycles. The van der Waals surface area contributed by atoms with Crippen LogP contribution in [0.5, 0.6) is 0 Å². The van der Waals surface area contributed by atoms with E-state index < -0.39 is 18.5 Å². The van der Waals surface area contributed by atoms with Gasteiger partial charge < -0.3 is 5.32 Å². The minimum atomic E-state index is -2.50. The van der Waals surface area contributed by atoms with Gasteiger partial charge >= 0.3 is 0 Å². The Morgan fingerprint density at radius 1 is 1.69 bits per heavy atom. The smallest absolute Gasteiger partial charge is 0.284 e. The molecule has 0 spiro atoms. The van der Waals surface area contributed by atoms with Gasteiger partial charge in [0.25, 0.3) is 12.0 Å². The number of hydrogen-bond donors (Lipinski definition) is 1. The van der Waals surface area contributed by atoms with Crippen LogP contribution in [-0.4, -0.2) is 22.8 Å². The molecular formula is C9H8BrF2N3O. The van der Waals surface area contributed by atoms with Crippen LogP contribution in [0.1, 0.15) is 0 Å². The Balaban J connectivity index is 2.94. The summed E-state index contributed by atoms with van der Waals surface area (Å²) in [7, 11) is 0. The summed E-state index contributed by atoms with van der Waals surface area (Å²) in [6, 6.07) is 0. The fraction of sp³-hybridized carbons (Fsp3) is 0.333. The van der Waals surface area contributed by atoms with Crippen LogP contribution in [0, 0.1) is 12.3 Å². The van der Waals surface area contributed by atoms with E-state index in [4.69, 9.17) is 6.42 Å². The molecule has 1 aromatic rings. The number of anilines is 1. The van der Waals surface area contributed by atoms with Crippen molar-refractivity contribution in [3.05, 3.63) is 21.0 Å². The number of terminal acetylenes is 1. The molecule has 0 unspecified atom stereocenters. The molecule has 0 fully saturated rings. The van der Waals surface area contributed by atoms with Gasteiger partial charge in [0.15, 0.2) is 0 Å². The van der Waals surface area contributed by atoms with Gasteiger partial charge in [-0.15, -0.1) is 6.42 Å². The zero-order valence-corrected chi connectivity index (χ0v) is 9.67. The number of alkyl halides is 2. The molecule has 1 heterocycles. The summed E-state index contributed by atoms with van der Waals surface area (Å²) in [6.07, 6.45) is 3.81. The molecule has 0 saturated carbocycles. The van der Waals surface area contributed by atoms with Crippen molar-refractivity contribution in [2.24, 2.45) is 0 Å². The second-order valence-corrected chi connectivity index (χ2v) is 3.60. The van der Waals surface area contributed by atoms with Crippen molar-refractivity contribution < 1.29 is 8.78 Å². The molecule has 7 heteroatoms. The largest absolute Gasteiger partial charge is 0.377 e. The molecule has 0 radical (unpaired) electrons. The average Bonchev–Trinajstić information content (AvgIpc) is 2.24. The molecule has 4 nitrogen and oxygen atoms in total. The number of halogens is 3. The first-order valence-electron chi connectivity index (χ1n) is 4.27. The van der Waals surface area contributed by atoms with E-state index in [1.165, 1.54) is 6.20 Å². The summed E-state index contributed by atoms with van der Waals surface area (Å²) < 4.78 is 25.1. The quantitative estimate of drug-likeness (QED) is 0.851. The highest BCUT2D eigenvalue weighted by atomic mass is 79.9. The topological polar surface area (TPSA) is 46.9 Å². The highest BCUT2D eigenvalue weighted by Gasteiger charge is 2.09. The molecule has 0 aliphatic heterocycles. The van der Waals surface area contributed by atoms with E-state index in [-0.39, 0.29) is 16.7 Å². The van der Waals surface area contributed by atoms with Crippen molar-refractivity contribution in [2.75, 3.05) is 11.9 Å². The molecule has 0 amide bonds. The summed E-state index contributed by atoms with van der Waals surface area (Å²) in [5.74, 6) is 2.26. The SMILES string of the molecule is C#CCn1ncc(NCC(F)F)c(Br)c1=O. The third kappa shape index (κ3) is 3.03. The zero-order valence-electron chi connectivity index (χ0n) is 8.08. The normalized spacial score (nSPS) is 10.2. The number of rotatable bonds is 4. The third-order valence-electron chi connectivity index (χ3n) is 1.67. The lowest BCUT2D eigenvalue weighted by Gasteiger charge is -2.08. The van der Waals surface area contributed by atoms with E-state index in [2.05, 4.69) is 32.3 Å². The van der Waals surface area contributed by atoms with Crippen LogP contribution in [0.15, 0.2) is 15.5 Å². The van der Waals surface area contributed by atoms with E-state index in [1.54, 1.807) is 0 Å². The van der Waals surface area contributed by atoms with Crippen molar-refractivity contribution in [3.8, 4) is 12.3 Å². The first kappa shape index (κ1) is 12.6. The fourth-order valence-corrected chi connectivity index (χ4v) is 1.42. The van der Waals surface area contributed by atoms with Gasteiger partial charge in [-0.1, -0.05) is 5.92 Å².